The molecule has 0 spiro atoms. The maximum absolute atomic E-state index is 13.3. The third-order valence-corrected chi connectivity index (χ3v) is 5.82. The summed E-state index contributed by atoms with van der Waals surface area (Å²) in [6, 6.07) is 22.9. The first-order valence-corrected chi connectivity index (χ1v) is 10.5. The summed E-state index contributed by atoms with van der Waals surface area (Å²) in [6.45, 7) is 0. The fourth-order valence-electron chi connectivity index (χ4n) is 3.80. The van der Waals surface area contributed by atoms with Gasteiger partial charge in [0.2, 0.25) is 0 Å². The molecule has 2 atom stereocenters. The Morgan fingerprint density at radius 1 is 0.968 bits per heavy atom. The van der Waals surface area contributed by atoms with Crippen LogP contribution in [0.4, 0.5) is 10.1 Å². The monoisotopic (exact) mass is 449 g/mol. The van der Waals surface area contributed by atoms with Crippen molar-refractivity contribution in [2.24, 2.45) is 0 Å². The topological polar surface area (TPSA) is 41.3 Å². The van der Waals surface area contributed by atoms with Gasteiger partial charge in [-0.1, -0.05) is 17.7 Å². The highest BCUT2D eigenvalue weighted by Crippen LogP contribution is 2.43. The molecule has 3 heterocycles. The van der Waals surface area contributed by atoms with Gasteiger partial charge in [-0.2, -0.15) is 0 Å². The largest absolute Gasteiger partial charge is 0.459 e. The Labute approximate surface area is 189 Å². The summed E-state index contributed by atoms with van der Waals surface area (Å²) in [5.41, 5.74) is 2.55. The Bertz CT molecular complexity index is 1210. The lowest BCUT2D eigenvalue weighted by Gasteiger charge is -2.26. The van der Waals surface area contributed by atoms with Crippen molar-refractivity contribution in [2.45, 2.75) is 12.1 Å². The van der Waals surface area contributed by atoms with Crippen LogP contribution in [0.25, 0.3) is 11.3 Å². The van der Waals surface area contributed by atoms with E-state index >= 15 is 0 Å². The molecule has 154 valence electrons. The predicted octanol–water partition coefficient (Wildman–Crippen LogP) is 6.31. The van der Waals surface area contributed by atoms with E-state index in [4.69, 9.17) is 28.2 Å². The van der Waals surface area contributed by atoms with E-state index in [1.807, 2.05) is 59.5 Å². The van der Waals surface area contributed by atoms with Crippen molar-refractivity contribution in [2.75, 3.05) is 4.90 Å². The van der Waals surface area contributed by atoms with Gasteiger partial charge >= 0.3 is 0 Å². The van der Waals surface area contributed by atoms with E-state index in [2.05, 4.69) is 10.3 Å². The average Bonchev–Trinajstić information content (AvgIpc) is 3.40. The molecule has 2 aromatic heterocycles. The molecule has 1 saturated heterocycles. The molecular formula is C24H17ClFN3OS. The Balaban J connectivity index is 1.59. The molecule has 0 bridgehead atoms. The minimum atomic E-state index is -0.287. The number of nitrogens with one attached hydrogen (secondary N) is 1. The Hall–Kier alpha value is -3.22. The van der Waals surface area contributed by atoms with E-state index < -0.39 is 0 Å². The molecule has 0 aliphatic carbocycles. The van der Waals surface area contributed by atoms with Gasteiger partial charge in [0, 0.05) is 22.5 Å². The van der Waals surface area contributed by atoms with Crippen LogP contribution in [0.2, 0.25) is 5.02 Å². The van der Waals surface area contributed by atoms with Gasteiger partial charge in [0.25, 0.3) is 0 Å². The molecule has 0 unspecified atom stereocenters. The van der Waals surface area contributed by atoms with Crippen LogP contribution in [0.1, 0.15) is 23.5 Å². The second kappa shape index (κ2) is 8.13. The molecule has 5 rings (SSSR count). The molecule has 31 heavy (non-hydrogen) atoms. The molecule has 2 aromatic carbocycles. The lowest BCUT2D eigenvalue weighted by atomic mass is 10.0. The van der Waals surface area contributed by atoms with Gasteiger partial charge in [0.15, 0.2) is 5.11 Å². The van der Waals surface area contributed by atoms with Crippen molar-refractivity contribution < 1.29 is 8.81 Å². The summed E-state index contributed by atoms with van der Waals surface area (Å²) in [4.78, 5) is 6.55. The van der Waals surface area contributed by atoms with Crippen molar-refractivity contribution >= 4 is 34.6 Å². The van der Waals surface area contributed by atoms with Crippen LogP contribution in [0.5, 0.6) is 0 Å². The summed E-state index contributed by atoms with van der Waals surface area (Å²) in [5.74, 6) is 1.09. The smallest absolute Gasteiger partial charge is 0.174 e. The molecule has 7 heteroatoms. The molecule has 1 aliphatic heterocycles. The summed E-state index contributed by atoms with van der Waals surface area (Å²) in [5, 5.41) is 4.61. The Morgan fingerprint density at radius 2 is 1.74 bits per heavy atom. The maximum atomic E-state index is 13.3. The van der Waals surface area contributed by atoms with Gasteiger partial charge in [-0.05, 0) is 85.0 Å². The predicted molar refractivity (Wildman–Crippen MR) is 123 cm³/mol. The molecule has 4 aromatic rings. The van der Waals surface area contributed by atoms with Gasteiger partial charge in [0.05, 0.1) is 11.7 Å². The maximum Gasteiger partial charge on any atom is 0.174 e. The third-order valence-electron chi connectivity index (χ3n) is 5.25. The third kappa shape index (κ3) is 3.80. The first-order chi connectivity index (χ1) is 15.1. The number of aromatic nitrogens is 1. The summed E-state index contributed by atoms with van der Waals surface area (Å²) in [7, 11) is 0. The average molecular weight is 450 g/mol. The van der Waals surface area contributed by atoms with E-state index in [0.717, 1.165) is 22.7 Å². The number of nitrogens with zero attached hydrogens (tertiary/aromatic N) is 2. The van der Waals surface area contributed by atoms with Crippen molar-refractivity contribution in [3.8, 4) is 11.3 Å². The number of anilines is 1. The highest BCUT2D eigenvalue weighted by atomic mass is 35.5. The highest BCUT2D eigenvalue weighted by molar-refractivity contribution is 7.80. The highest BCUT2D eigenvalue weighted by Gasteiger charge is 2.42. The number of furan rings is 1. The molecule has 1 aliphatic rings. The SMILES string of the molecule is Fc1ccc(-c2ccc([C@@H]3[C@@H](c4ccccn4)NC(=S)N3c3ccc(Cl)cc3)o2)cc1. The number of halogens is 2. The van der Waals surface area contributed by atoms with Crippen molar-refractivity contribution in [1.82, 2.24) is 10.3 Å². The van der Waals surface area contributed by atoms with Crippen LogP contribution >= 0.6 is 23.8 Å². The van der Waals surface area contributed by atoms with Crippen LogP contribution in [0.3, 0.4) is 0 Å². The number of hydrogen-bond donors (Lipinski definition) is 1. The zero-order valence-electron chi connectivity index (χ0n) is 16.2. The minimum absolute atomic E-state index is 0.211. The molecule has 1 fully saturated rings. The zero-order chi connectivity index (χ0) is 21.4. The van der Waals surface area contributed by atoms with Crippen molar-refractivity contribution in [1.29, 1.82) is 0 Å². The first kappa shape index (κ1) is 19.7. The van der Waals surface area contributed by atoms with Crippen LogP contribution in [-0.4, -0.2) is 10.1 Å². The summed E-state index contributed by atoms with van der Waals surface area (Å²) >= 11 is 11.8. The van der Waals surface area contributed by atoms with Crippen LogP contribution in [-0.2, 0) is 0 Å². The van der Waals surface area contributed by atoms with Gasteiger partial charge < -0.3 is 14.6 Å². The molecule has 0 amide bonds. The second-order valence-corrected chi connectivity index (χ2v) is 8.01. The lowest BCUT2D eigenvalue weighted by Crippen LogP contribution is -2.29. The lowest BCUT2D eigenvalue weighted by molar-refractivity contribution is 0.439. The molecule has 0 radical (unpaired) electrons. The van der Waals surface area contributed by atoms with E-state index in [-0.39, 0.29) is 17.9 Å². The number of benzene rings is 2. The second-order valence-electron chi connectivity index (χ2n) is 7.18. The minimum Gasteiger partial charge on any atom is -0.459 e. The molecule has 1 N–H and O–H groups in total. The molecule has 4 nitrogen and oxygen atoms in total. The van der Waals surface area contributed by atoms with Gasteiger partial charge in [-0.25, -0.2) is 4.39 Å². The van der Waals surface area contributed by atoms with Crippen LogP contribution in [0.15, 0.2) is 89.5 Å². The fourth-order valence-corrected chi connectivity index (χ4v) is 4.28. The van der Waals surface area contributed by atoms with Crippen LogP contribution < -0.4 is 10.2 Å². The standard InChI is InChI=1S/C24H17ClFN3OS/c25-16-6-10-18(11-7-16)29-23(22(28-24(29)31)19-3-1-2-14-27-19)21-13-12-20(30-21)15-4-8-17(26)9-5-15/h1-14,22-23H,(H,28,31)/t22-,23-/m1/s1. The van der Waals surface area contributed by atoms with E-state index in [1.165, 1.54) is 12.1 Å². The molecular weight excluding hydrogens is 433 g/mol. The van der Waals surface area contributed by atoms with Gasteiger partial charge in [0.1, 0.15) is 23.4 Å². The van der Waals surface area contributed by atoms with Crippen molar-refractivity contribution in [3.05, 3.63) is 107 Å². The Morgan fingerprint density at radius 3 is 2.45 bits per heavy atom. The van der Waals surface area contributed by atoms with Crippen LogP contribution in [0, 0.1) is 5.82 Å². The number of hydrogen-bond acceptors (Lipinski definition) is 3. The van der Waals surface area contributed by atoms with Gasteiger partial charge in [-0.15, -0.1) is 0 Å². The van der Waals surface area contributed by atoms with E-state index in [1.54, 1.807) is 18.3 Å². The zero-order valence-corrected chi connectivity index (χ0v) is 17.8. The molecule has 0 saturated carbocycles. The normalized spacial score (nSPS) is 18.3. The summed E-state index contributed by atoms with van der Waals surface area (Å²) < 4.78 is 19.6. The number of thiocarbonyl (C=S) groups is 1. The van der Waals surface area contributed by atoms with E-state index in [9.17, 15) is 4.39 Å². The summed E-state index contributed by atoms with van der Waals surface area (Å²) in [6.07, 6.45) is 1.76. The van der Waals surface area contributed by atoms with Gasteiger partial charge in [-0.3, -0.25) is 4.98 Å². The quantitative estimate of drug-likeness (QED) is 0.370. The van der Waals surface area contributed by atoms with E-state index in [0.29, 0.717) is 15.9 Å². The first-order valence-electron chi connectivity index (χ1n) is 9.72. The number of rotatable bonds is 4. The fraction of sp³-hybridized carbons (Fsp3) is 0.0833. The Kier molecular flexibility index (Phi) is 5.18. The van der Waals surface area contributed by atoms with Crippen molar-refractivity contribution in [3.63, 3.8) is 0 Å². The number of pyridine rings is 1.